The van der Waals surface area contributed by atoms with Crippen LogP contribution in [-0.2, 0) is 20.8 Å². The van der Waals surface area contributed by atoms with Gasteiger partial charge in [-0.15, -0.1) is 0 Å². The van der Waals surface area contributed by atoms with Crippen LogP contribution in [0.15, 0.2) is 18.2 Å². The van der Waals surface area contributed by atoms with E-state index in [0.29, 0.717) is 19.5 Å². The highest BCUT2D eigenvalue weighted by Gasteiger charge is 2.69. The topological polar surface area (TPSA) is 102 Å². The molecule has 2 aliphatic heterocycles. The summed E-state index contributed by atoms with van der Waals surface area (Å²) < 4.78 is 27.9. The van der Waals surface area contributed by atoms with Crippen LogP contribution in [0.5, 0.6) is 0 Å². The number of halogens is 2. The molecule has 3 amide bonds. The zero-order valence-electron chi connectivity index (χ0n) is 18.7. The fourth-order valence-electron chi connectivity index (χ4n) is 5.55. The molecule has 0 bridgehead atoms. The summed E-state index contributed by atoms with van der Waals surface area (Å²) in [5.74, 6) is -2.48. The lowest BCUT2D eigenvalue weighted by Crippen LogP contribution is -2.52. The van der Waals surface area contributed by atoms with Crippen LogP contribution in [0.25, 0.3) is 0 Å². The number of carbonyl (C=O) groups excluding carboxylic acids is 3. The highest BCUT2D eigenvalue weighted by molar-refractivity contribution is 5.90. The molecular formula is C24H28F2N4O3. The van der Waals surface area contributed by atoms with E-state index in [0.717, 1.165) is 12.1 Å². The number of fused-ring (bicyclic) bond motifs is 1. The van der Waals surface area contributed by atoms with Crippen LogP contribution in [0.1, 0.15) is 38.7 Å². The van der Waals surface area contributed by atoms with Crippen LogP contribution in [0.2, 0.25) is 0 Å². The number of hydrogen-bond acceptors (Lipinski definition) is 4. The van der Waals surface area contributed by atoms with Crippen molar-refractivity contribution in [3.8, 4) is 6.07 Å². The average Bonchev–Trinajstić information content (AvgIpc) is 3.12. The number of rotatable bonds is 7. The smallest absolute Gasteiger partial charge is 0.244 e. The third-order valence-electron chi connectivity index (χ3n) is 7.60. The molecule has 2 saturated heterocycles. The Kier molecular flexibility index (Phi) is 6.12. The van der Waals surface area contributed by atoms with Gasteiger partial charge in [-0.1, -0.05) is 19.9 Å². The minimum absolute atomic E-state index is 0.0410. The summed E-state index contributed by atoms with van der Waals surface area (Å²) in [6.07, 6.45) is 0.619. The van der Waals surface area contributed by atoms with E-state index in [1.54, 1.807) is 0 Å². The molecule has 176 valence electrons. The number of nitrogens with one attached hydrogen (secondary N) is 2. The summed E-state index contributed by atoms with van der Waals surface area (Å²) in [5.41, 5.74) is -0.250. The predicted molar refractivity (Wildman–Crippen MR) is 114 cm³/mol. The number of benzene rings is 1. The number of carbonyl (C=O) groups is 3. The maximum atomic E-state index is 13.9. The van der Waals surface area contributed by atoms with Gasteiger partial charge in [0.05, 0.1) is 6.07 Å². The second-order valence-corrected chi connectivity index (χ2v) is 9.85. The zero-order valence-corrected chi connectivity index (χ0v) is 18.7. The van der Waals surface area contributed by atoms with Gasteiger partial charge in [-0.25, -0.2) is 8.78 Å². The molecule has 1 aliphatic carbocycles. The van der Waals surface area contributed by atoms with Gasteiger partial charge in [0.15, 0.2) is 0 Å². The normalized spacial score (nSPS) is 28.0. The average molecular weight is 459 g/mol. The molecular weight excluding hydrogens is 430 g/mol. The van der Waals surface area contributed by atoms with Gasteiger partial charge in [-0.3, -0.25) is 14.4 Å². The molecule has 1 aromatic rings. The Morgan fingerprint density at radius 3 is 2.64 bits per heavy atom. The molecule has 0 aromatic heterocycles. The van der Waals surface area contributed by atoms with E-state index in [1.165, 1.54) is 11.0 Å². The number of nitriles is 1. The maximum absolute atomic E-state index is 13.9. The quantitative estimate of drug-likeness (QED) is 0.652. The molecule has 3 fully saturated rings. The number of piperidine rings is 1. The van der Waals surface area contributed by atoms with Crippen molar-refractivity contribution in [3.05, 3.63) is 35.4 Å². The first-order chi connectivity index (χ1) is 15.6. The van der Waals surface area contributed by atoms with E-state index in [2.05, 4.69) is 16.7 Å². The Morgan fingerprint density at radius 1 is 1.33 bits per heavy atom. The van der Waals surface area contributed by atoms with Crippen molar-refractivity contribution in [3.63, 3.8) is 0 Å². The fraction of sp³-hybridized carbons (Fsp3) is 0.583. The van der Waals surface area contributed by atoms with E-state index in [9.17, 15) is 28.4 Å². The Bertz CT molecular complexity index is 1000. The Balaban J connectivity index is 1.43. The van der Waals surface area contributed by atoms with Crippen LogP contribution in [0, 0.1) is 46.1 Å². The SMILES string of the molecule is CC1(C)[C@@H]2[C@@H](C(=O)NC(C#N)C[C@@H]3CCNC3=O)N(C(=O)CCc3c(F)cccc3F)C[C@@H]21. The third kappa shape index (κ3) is 4.31. The number of hydrogen-bond donors (Lipinski definition) is 2. The third-order valence-corrected chi connectivity index (χ3v) is 7.60. The molecule has 1 aromatic carbocycles. The molecule has 9 heteroatoms. The first-order valence-corrected chi connectivity index (χ1v) is 11.3. The molecule has 2 N–H and O–H groups in total. The molecule has 33 heavy (non-hydrogen) atoms. The molecule has 1 saturated carbocycles. The van der Waals surface area contributed by atoms with Crippen LogP contribution < -0.4 is 10.6 Å². The van der Waals surface area contributed by atoms with Crippen molar-refractivity contribution in [2.75, 3.05) is 13.1 Å². The Labute approximate surface area is 191 Å². The van der Waals surface area contributed by atoms with Crippen LogP contribution in [-0.4, -0.2) is 47.8 Å². The molecule has 4 rings (SSSR count). The minimum atomic E-state index is -0.836. The molecule has 0 radical (unpaired) electrons. The second-order valence-electron chi connectivity index (χ2n) is 9.85. The Morgan fingerprint density at radius 2 is 2.03 bits per heavy atom. The van der Waals surface area contributed by atoms with E-state index in [1.807, 2.05) is 13.8 Å². The fourth-order valence-corrected chi connectivity index (χ4v) is 5.55. The molecule has 7 nitrogen and oxygen atoms in total. The second kappa shape index (κ2) is 8.73. The van der Waals surface area contributed by atoms with E-state index in [4.69, 9.17) is 0 Å². The molecule has 3 aliphatic rings. The lowest BCUT2D eigenvalue weighted by molar-refractivity contribution is -0.140. The van der Waals surface area contributed by atoms with Gasteiger partial charge < -0.3 is 15.5 Å². The number of likely N-dealkylation sites (tertiary alicyclic amines) is 1. The lowest BCUT2D eigenvalue weighted by Gasteiger charge is -2.31. The van der Waals surface area contributed by atoms with Gasteiger partial charge in [0.1, 0.15) is 23.7 Å². The summed E-state index contributed by atoms with van der Waals surface area (Å²) in [6, 6.07) is 4.06. The van der Waals surface area contributed by atoms with E-state index < -0.39 is 29.6 Å². The van der Waals surface area contributed by atoms with Crippen molar-refractivity contribution in [2.45, 2.75) is 51.6 Å². The largest absolute Gasteiger partial charge is 0.356 e. The van der Waals surface area contributed by atoms with Crippen molar-refractivity contribution in [2.24, 2.45) is 23.2 Å². The first kappa shape index (κ1) is 23.1. The maximum Gasteiger partial charge on any atom is 0.244 e. The predicted octanol–water partition coefficient (Wildman–Crippen LogP) is 1.91. The van der Waals surface area contributed by atoms with Gasteiger partial charge in [-0.2, -0.15) is 5.26 Å². The van der Waals surface area contributed by atoms with Crippen molar-refractivity contribution < 1.29 is 23.2 Å². The highest BCUT2D eigenvalue weighted by atomic mass is 19.1. The summed E-state index contributed by atoms with van der Waals surface area (Å²) in [6.45, 7) is 5.05. The van der Waals surface area contributed by atoms with E-state index in [-0.39, 0.29) is 59.8 Å². The zero-order chi connectivity index (χ0) is 23.9. The number of nitrogens with zero attached hydrogens (tertiary/aromatic N) is 2. The summed E-state index contributed by atoms with van der Waals surface area (Å²) in [4.78, 5) is 39.6. The van der Waals surface area contributed by atoms with Crippen LogP contribution >= 0.6 is 0 Å². The van der Waals surface area contributed by atoms with Gasteiger partial charge in [0, 0.05) is 31.0 Å². The lowest BCUT2D eigenvalue weighted by atomic mass is 9.97. The van der Waals surface area contributed by atoms with Crippen molar-refractivity contribution >= 4 is 17.7 Å². The van der Waals surface area contributed by atoms with Crippen molar-refractivity contribution in [1.29, 1.82) is 5.26 Å². The summed E-state index contributed by atoms with van der Waals surface area (Å²) in [7, 11) is 0. The van der Waals surface area contributed by atoms with Crippen LogP contribution in [0.3, 0.4) is 0 Å². The standard InChI is InChI=1S/C24H28F2N4O3/c1-24(2)16-12-30(19(31)7-6-15-17(25)4-3-5-18(15)26)21(20(16)24)23(33)29-14(11-27)10-13-8-9-28-22(13)32/h3-5,13-14,16,20-21H,6-10,12H2,1-2H3,(H,28,32)(H,29,33)/t13-,14?,16-,20-,21-/m0/s1. The van der Waals surface area contributed by atoms with Gasteiger partial charge in [0.25, 0.3) is 0 Å². The van der Waals surface area contributed by atoms with E-state index >= 15 is 0 Å². The molecule has 0 spiro atoms. The molecule has 5 atom stereocenters. The highest BCUT2D eigenvalue weighted by Crippen LogP contribution is 2.64. The summed E-state index contributed by atoms with van der Waals surface area (Å²) in [5, 5.41) is 15.0. The summed E-state index contributed by atoms with van der Waals surface area (Å²) >= 11 is 0. The Hall–Kier alpha value is -3.02. The van der Waals surface area contributed by atoms with Gasteiger partial charge >= 0.3 is 0 Å². The van der Waals surface area contributed by atoms with Gasteiger partial charge in [-0.05, 0) is 48.6 Å². The monoisotopic (exact) mass is 458 g/mol. The van der Waals surface area contributed by atoms with Crippen molar-refractivity contribution in [1.82, 2.24) is 15.5 Å². The number of amides is 3. The molecule has 1 unspecified atom stereocenters. The first-order valence-electron chi connectivity index (χ1n) is 11.3. The molecule has 2 heterocycles. The van der Waals surface area contributed by atoms with Gasteiger partial charge in [0.2, 0.25) is 17.7 Å². The minimum Gasteiger partial charge on any atom is -0.356 e. The van der Waals surface area contributed by atoms with Crippen LogP contribution in [0.4, 0.5) is 8.78 Å².